The fourth-order valence-corrected chi connectivity index (χ4v) is 2.91. The van der Waals surface area contributed by atoms with Crippen LogP contribution in [-0.2, 0) is 0 Å². The molecule has 6 heteroatoms. The Hall–Kier alpha value is -3.67. The Balaban J connectivity index is 1.63. The number of anilines is 1. The van der Waals surface area contributed by atoms with Crippen molar-refractivity contribution in [3.8, 4) is 28.7 Å². The van der Waals surface area contributed by atoms with Crippen molar-refractivity contribution in [3.63, 3.8) is 0 Å². The molecule has 162 valence electrons. The van der Waals surface area contributed by atoms with Crippen LogP contribution in [0.15, 0.2) is 66.7 Å². The fourth-order valence-electron chi connectivity index (χ4n) is 2.91. The number of hydrogen-bond acceptors (Lipinski definition) is 5. The van der Waals surface area contributed by atoms with Crippen molar-refractivity contribution in [2.45, 2.75) is 20.8 Å². The van der Waals surface area contributed by atoms with Gasteiger partial charge in [0.05, 0.1) is 19.8 Å². The summed E-state index contributed by atoms with van der Waals surface area (Å²) in [5.74, 6) is 3.12. The van der Waals surface area contributed by atoms with E-state index in [9.17, 15) is 4.79 Å². The Morgan fingerprint density at radius 2 is 1.23 bits per heavy atom. The summed E-state index contributed by atoms with van der Waals surface area (Å²) in [6.45, 7) is 7.37. The fraction of sp³-hybridized carbons (Fsp3) is 0.240. The zero-order valence-electron chi connectivity index (χ0n) is 18.0. The van der Waals surface area contributed by atoms with Gasteiger partial charge in [0.2, 0.25) is 0 Å². The van der Waals surface area contributed by atoms with Gasteiger partial charge in [-0.3, -0.25) is 4.79 Å². The van der Waals surface area contributed by atoms with E-state index in [2.05, 4.69) is 5.32 Å². The molecule has 0 aliphatic carbocycles. The van der Waals surface area contributed by atoms with Crippen LogP contribution in [0, 0.1) is 0 Å². The van der Waals surface area contributed by atoms with Gasteiger partial charge in [-0.25, -0.2) is 0 Å². The maximum absolute atomic E-state index is 12.7. The van der Waals surface area contributed by atoms with Crippen LogP contribution in [0.2, 0.25) is 0 Å². The van der Waals surface area contributed by atoms with Crippen molar-refractivity contribution >= 4 is 11.6 Å². The lowest BCUT2D eigenvalue weighted by Crippen LogP contribution is -2.12. The molecule has 31 heavy (non-hydrogen) atoms. The first-order valence-corrected chi connectivity index (χ1v) is 10.3. The van der Waals surface area contributed by atoms with Crippen LogP contribution in [0.4, 0.5) is 5.69 Å². The van der Waals surface area contributed by atoms with Crippen LogP contribution in [0.3, 0.4) is 0 Å². The summed E-state index contributed by atoms with van der Waals surface area (Å²) in [5.41, 5.74) is 1.15. The molecule has 0 saturated heterocycles. The lowest BCUT2D eigenvalue weighted by atomic mass is 10.1. The van der Waals surface area contributed by atoms with E-state index in [4.69, 9.17) is 18.9 Å². The van der Waals surface area contributed by atoms with Crippen molar-refractivity contribution < 1.29 is 23.7 Å². The molecule has 3 aromatic carbocycles. The van der Waals surface area contributed by atoms with E-state index in [-0.39, 0.29) is 5.91 Å². The van der Waals surface area contributed by atoms with Gasteiger partial charge in [0.25, 0.3) is 5.91 Å². The third-order valence-corrected chi connectivity index (χ3v) is 4.29. The largest absolute Gasteiger partial charge is 0.494 e. The minimum atomic E-state index is -0.232. The van der Waals surface area contributed by atoms with E-state index in [1.54, 1.807) is 42.5 Å². The van der Waals surface area contributed by atoms with E-state index in [0.29, 0.717) is 54.1 Å². The van der Waals surface area contributed by atoms with Gasteiger partial charge in [-0.15, -0.1) is 0 Å². The normalized spacial score (nSPS) is 10.3. The molecule has 0 aliphatic heterocycles. The van der Waals surface area contributed by atoms with Crippen molar-refractivity contribution in [2.75, 3.05) is 25.1 Å². The van der Waals surface area contributed by atoms with E-state index < -0.39 is 0 Å². The molecule has 1 N–H and O–H groups in total. The van der Waals surface area contributed by atoms with Crippen molar-refractivity contribution in [1.29, 1.82) is 0 Å². The maximum Gasteiger partial charge on any atom is 0.255 e. The number of amides is 1. The van der Waals surface area contributed by atoms with Gasteiger partial charge in [0, 0.05) is 11.3 Å². The number of nitrogens with one attached hydrogen (secondary N) is 1. The van der Waals surface area contributed by atoms with Crippen LogP contribution >= 0.6 is 0 Å². The molecular weight excluding hydrogens is 394 g/mol. The number of carbonyl (C=O) groups excluding carboxylic acids is 1. The standard InChI is InChI=1S/C25H27NO5/c1-4-28-20-12-14-22(15-13-20)31-21-10-8-19(9-11-21)26-25(27)18-7-16-23(29-5-2)24(17-18)30-6-3/h7-17H,4-6H2,1-3H3,(H,26,27). The highest BCUT2D eigenvalue weighted by Gasteiger charge is 2.12. The zero-order chi connectivity index (χ0) is 22.1. The SMILES string of the molecule is CCOc1ccc(Oc2ccc(NC(=O)c3ccc(OCC)c(OCC)c3)cc2)cc1. The molecule has 3 rings (SSSR count). The van der Waals surface area contributed by atoms with Crippen LogP contribution in [0.1, 0.15) is 31.1 Å². The molecule has 0 unspecified atom stereocenters. The highest BCUT2D eigenvalue weighted by atomic mass is 16.5. The Labute approximate surface area is 182 Å². The third-order valence-electron chi connectivity index (χ3n) is 4.29. The summed E-state index contributed by atoms with van der Waals surface area (Å²) >= 11 is 0. The average Bonchev–Trinajstić information content (AvgIpc) is 2.78. The van der Waals surface area contributed by atoms with Crippen molar-refractivity contribution in [1.82, 2.24) is 0 Å². The Morgan fingerprint density at radius 1 is 0.677 bits per heavy atom. The summed E-state index contributed by atoms with van der Waals surface area (Å²) in [7, 11) is 0. The molecule has 0 aliphatic rings. The van der Waals surface area contributed by atoms with Crippen LogP contribution in [0.25, 0.3) is 0 Å². The molecule has 0 fully saturated rings. The molecule has 0 bridgehead atoms. The molecule has 0 spiro atoms. The summed E-state index contributed by atoms with van der Waals surface area (Å²) in [5, 5.41) is 2.88. The number of carbonyl (C=O) groups is 1. The van der Waals surface area contributed by atoms with Gasteiger partial charge in [0.15, 0.2) is 11.5 Å². The summed E-state index contributed by atoms with van der Waals surface area (Å²) < 4.78 is 22.4. The van der Waals surface area contributed by atoms with Gasteiger partial charge in [-0.2, -0.15) is 0 Å². The average molecular weight is 421 g/mol. The minimum Gasteiger partial charge on any atom is -0.494 e. The number of rotatable bonds is 10. The van der Waals surface area contributed by atoms with Crippen molar-refractivity contribution in [3.05, 3.63) is 72.3 Å². The van der Waals surface area contributed by atoms with Crippen LogP contribution in [-0.4, -0.2) is 25.7 Å². The zero-order valence-corrected chi connectivity index (χ0v) is 18.0. The van der Waals surface area contributed by atoms with E-state index >= 15 is 0 Å². The predicted molar refractivity (Wildman–Crippen MR) is 121 cm³/mol. The first kappa shape index (κ1) is 22.0. The van der Waals surface area contributed by atoms with Crippen molar-refractivity contribution in [2.24, 2.45) is 0 Å². The minimum absolute atomic E-state index is 0.232. The molecule has 3 aromatic rings. The molecule has 6 nitrogen and oxygen atoms in total. The molecule has 1 amide bonds. The second-order valence-corrected chi connectivity index (χ2v) is 6.51. The molecule has 0 saturated carbocycles. The smallest absolute Gasteiger partial charge is 0.255 e. The lowest BCUT2D eigenvalue weighted by molar-refractivity contribution is 0.102. The van der Waals surface area contributed by atoms with E-state index in [0.717, 1.165) is 5.75 Å². The molecule has 0 atom stereocenters. The first-order chi connectivity index (χ1) is 15.1. The molecule has 0 radical (unpaired) electrons. The van der Waals surface area contributed by atoms with E-state index in [1.165, 1.54) is 0 Å². The topological polar surface area (TPSA) is 66.0 Å². The Bertz CT molecular complexity index is 984. The highest BCUT2D eigenvalue weighted by molar-refractivity contribution is 6.04. The van der Waals surface area contributed by atoms with E-state index in [1.807, 2.05) is 45.0 Å². The summed E-state index contributed by atoms with van der Waals surface area (Å²) in [6.07, 6.45) is 0. The first-order valence-electron chi connectivity index (χ1n) is 10.3. The molecular formula is C25H27NO5. The summed E-state index contributed by atoms with van der Waals surface area (Å²) in [4.78, 5) is 12.7. The second-order valence-electron chi connectivity index (χ2n) is 6.51. The van der Waals surface area contributed by atoms with Gasteiger partial charge < -0.3 is 24.3 Å². The van der Waals surface area contributed by atoms with Crippen LogP contribution in [0.5, 0.6) is 28.7 Å². The van der Waals surface area contributed by atoms with Gasteiger partial charge >= 0.3 is 0 Å². The highest BCUT2D eigenvalue weighted by Crippen LogP contribution is 2.29. The van der Waals surface area contributed by atoms with Gasteiger partial charge in [-0.05, 0) is 87.5 Å². The molecule has 0 heterocycles. The number of ether oxygens (including phenoxy) is 4. The summed E-state index contributed by atoms with van der Waals surface area (Å²) in [6, 6.07) is 19.8. The Morgan fingerprint density at radius 3 is 1.84 bits per heavy atom. The number of hydrogen-bond donors (Lipinski definition) is 1. The number of benzene rings is 3. The third kappa shape index (κ3) is 6.15. The monoisotopic (exact) mass is 421 g/mol. The molecule has 0 aromatic heterocycles. The van der Waals surface area contributed by atoms with Gasteiger partial charge in [-0.1, -0.05) is 0 Å². The Kier molecular flexibility index (Phi) is 7.76. The second kappa shape index (κ2) is 10.9. The quantitative estimate of drug-likeness (QED) is 0.440. The maximum atomic E-state index is 12.7. The lowest BCUT2D eigenvalue weighted by Gasteiger charge is -2.13. The van der Waals surface area contributed by atoms with Gasteiger partial charge in [0.1, 0.15) is 17.2 Å². The predicted octanol–water partition coefficient (Wildman–Crippen LogP) is 5.93. The van der Waals surface area contributed by atoms with Crippen LogP contribution < -0.4 is 24.3 Å².